The molecule has 6 nitrogen and oxygen atoms in total. The number of rotatable bonds is 7. The molecule has 1 aromatic carbocycles. The second kappa shape index (κ2) is 9.92. The van der Waals surface area contributed by atoms with Crippen LogP contribution in [0, 0.1) is 0 Å². The van der Waals surface area contributed by atoms with Crippen LogP contribution in [0.4, 0.5) is 0 Å². The molecule has 2 heterocycles. The van der Waals surface area contributed by atoms with Gasteiger partial charge in [-0.25, -0.2) is 9.79 Å². The average molecular weight is 462 g/mol. The summed E-state index contributed by atoms with van der Waals surface area (Å²) in [6, 6.07) is 7.03. The lowest BCUT2D eigenvalue weighted by atomic mass is 9.94. The lowest BCUT2D eigenvalue weighted by Gasteiger charge is -2.36. The smallest absolute Gasteiger partial charge is 0.338 e. The maximum Gasteiger partial charge on any atom is 0.338 e. The average Bonchev–Trinajstić information content (AvgIpc) is 3.08. The number of aliphatic imine (C=N–C) groups is 1. The molecular formula is C23H28ClN3O3S. The molecule has 2 aliphatic heterocycles. The Hall–Kier alpha value is -2.25. The Kier molecular flexibility index (Phi) is 7.49. The second-order valence-corrected chi connectivity index (χ2v) is 9.23. The van der Waals surface area contributed by atoms with Gasteiger partial charge in [0.15, 0.2) is 5.17 Å². The fraction of sp³-hybridized carbons (Fsp3) is 0.435. The van der Waals surface area contributed by atoms with Gasteiger partial charge in [0.05, 0.1) is 29.8 Å². The third-order valence-corrected chi connectivity index (χ3v) is 6.25. The first-order valence-electron chi connectivity index (χ1n) is 10.4. The maximum absolute atomic E-state index is 13.1. The van der Waals surface area contributed by atoms with Crippen molar-refractivity contribution in [3.05, 3.63) is 57.2 Å². The predicted molar refractivity (Wildman–Crippen MR) is 126 cm³/mol. The third kappa shape index (κ3) is 5.33. The zero-order chi connectivity index (χ0) is 22.7. The topological polar surface area (TPSA) is 71.0 Å². The fourth-order valence-electron chi connectivity index (χ4n) is 3.46. The Morgan fingerprint density at radius 3 is 2.55 bits per heavy atom. The molecule has 31 heavy (non-hydrogen) atoms. The van der Waals surface area contributed by atoms with E-state index in [4.69, 9.17) is 16.3 Å². The molecule has 0 unspecified atom stereocenters. The van der Waals surface area contributed by atoms with E-state index >= 15 is 0 Å². The summed E-state index contributed by atoms with van der Waals surface area (Å²) in [5.74, 6) is -0.467. The highest BCUT2D eigenvalue weighted by atomic mass is 35.5. The number of allylic oxidation sites excluding steroid dienone is 1. The number of ether oxygens (including phenoxy) is 1. The van der Waals surface area contributed by atoms with Crippen LogP contribution in [-0.4, -0.2) is 34.1 Å². The van der Waals surface area contributed by atoms with Crippen LogP contribution in [0.2, 0.25) is 5.02 Å². The summed E-state index contributed by atoms with van der Waals surface area (Å²) in [5.41, 5.74) is 2.76. The van der Waals surface area contributed by atoms with E-state index in [0.29, 0.717) is 16.3 Å². The Balaban J connectivity index is 2.00. The van der Waals surface area contributed by atoms with Gasteiger partial charge in [-0.1, -0.05) is 42.4 Å². The van der Waals surface area contributed by atoms with Crippen LogP contribution >= 0.6 is 23.4 Å². The van der Waals surface area contributed by atoms with Crippen LogP contribution in [0.15, 0.2) is 51.6 Å². The van der Waals surface area contributed by atoms with Crippen molar-refractivity contribution in [2.45, 2.75) is 65.6 Å². The number of halogens is 1. The molecular weight excluding hydrogens is 434 g/mol. The molecule has 166 valence electrons. The monoisotopic (exact) mass is 461 g/mol. The summed E-state index contributed by atoms with van der Waals surface area (Å²) in [6.07, 6.45) is 0.802. The number of benzene rings is 1. The van der Waals surface area contributed by atoms with E-state index in [-0.39, 0.29) is 24.5 Å². The van der Waals surface area contributed by atoms with E-state index in [1.54, 1.807) is 12.1 Å². The molecule has 1 aromatic rings. The predicted octanol–water partition coefficient (Wildman–Crippen LogP) is 5.17. The minimum absolute atomic E-state index is 0.0603. The zero-order valence-electron chi connectivity index (χ0n) is 18.4. The first-order chi connectivity index (χ1) is 14.7. The second-order valence-electron chi connectivity index (χ2n) is 7.95. The Morgan fingerprint density at radius 1 is 1.26 bits per heavy atom. The van der Waals surface area contributed by atoms with E-state index < -0.39 is 12.0 Å². The van der Waals surface area contributed by atoms with Gasteiger partial charge in [0.2, 0.25) is 5.91 Å². The molecule has 0 fully saturated rings. The van der Waals surface area contributed by atoms with Crippen LogP contribution in [0.25, 0.3) is 0 Å². The SMILES string of the molecule is CC[C@H](C)NC(=O)CC1=CSC2=NC(C)=C(C(=O)OC(C)C)[C@@H](c3ccc(Cl)cc3)N12. The van der Waals surface area contributed by atoms with Crippen LogP contribution in [0.3, 0.4) is 0 Å². The molecule has 0 radical (unpaired) electrons. The number of fused-ring (bicyclic) bond motifs is 1. The number of hydrogen-bond acceptors (Lipinski definition) is 6. The van der Waals surface area contributed by atoms with Crippen molar-refractivity contribution < 1.29 is 14.3 Å². The van der Waals surface area contributed by atoms with Crippen LogP contribution in [0.1, 0.15) is 59.1 Å². The van der Waals surface area contributed by atoms with Gasteiger partial charge >= 0.3 is 5.97 Å². The van der Waals surface area contributed by atoms with Crippen molar-refractivity contribution in [1.82, 2.24) is 10.2 Å². The first-order valence-corrected chi connectivity index (χ1v) is 11.7. The number of nitrogens with one attached hydrogen (secondary N) is 1. The summed E-state index contributed by atoms with van der Waals surface area (Å²) >= 11 is 7.56. The Morgan fingerprint density at radius 2 is 1.94 bits per heavy atom. The Labute approximate surface area is 192 Å². The van der Waals surface area contributed by atoms with Gasteiger partial charge < -0.3 is 15.0 Å². The number of carbonyl (C=O) groups is 2. The highest BCUT2D eigenvalue weighted by Gasteiger charge is 2.41. The molecule has 0 aliphatic carbocycles. The molecule has 0 spiro atoms. The largest absolute Gasteiger partial charge is 0.459 e. The summed E-state index contributed by atoms with van der Waals surface area (Å²) in [4.78, 5) is 32.3. The van der Waals surface area contributed by atoms with Crippen molar-refractivity contribution >= 4 is 40.4 Å². The Bertz CT molecular complexity index is 953. The summed E-state index contributed by atoms with van der Waals surface area (Å²) in [7, 11) is 0. The van der Waals surface area contributed by atoms with E-state index in [9.17, 15) is 9.59 Å². The van der Waals surface area contributed by atoms with Gasteiger partial charge in [-0.15, -0.1) is 0 Å². The number of carbonyl (C=O) groups excluding carboxylic acids is 2. The molecule has 3 rings (SSSR count). The maximum atomic E-state index is 13.1. The lowest BCUT2D eigenvalue weighted by molar-refractivity contribution is -0.143. The number of hydrogen-bond donors (Lipinski definition) is 1. The molecule has 0 bridgehead atoms. The minimum Gasteiger partial charge on any atom is -0.459 e. The van der Waals surface area contributed by atoms with Crippen LogP contribution < -0.4 is 5.32 Å². The van der Waals surface area contributed by atoms with Crippen molar-refractivity contribution in [2.24, 2.45) is 4.99 Å². The van der Waals surface area contributed by atoms with E-state index in [1.165, 1.54) is 11.8 Å². The zero-order valence-corrected chi connectivity index (χ0v) is 20.0. The quantitative estimate of drug-likeness (QED) is 0.567. The van der Waals surface area contributed by atoms with Crippen molar-refractivity contribution in [3.8, 4) is 0 Å². The lowest BCUT2D eigenvalue weighted by Crippen LogP contribution is -2.39. The molecule has 1 N–H and O–H groups in total. The van der Waals surface area contributed by atoms with E-state index in [1.807, 2.05) is 57.1 Å². The fourth-order valence-corrected chi connectivity index (χ4v) is 4.55. The van der Waals surface area contributed by atoms with Crippen molar-refractivity contribution in [1.29, 1.82) is 0 Å². The molecule has 0 saturated heterocycles. The highest BCUT2D eigenvalue weighted by Crippen LogP contribution is 2.45. The number of nitrogens with zero attached hydrogens (tertiary/aromatic N) is 2. The minimum atomic E-state index is -0.450. The number of amides is 1. The van der Waals surface area contributed by atoms with Gasteiger partial charge in [0, 0.05) is 16.8 Å². The molecule has 2 atom stereocenters. The number of thioether (sulfide) groups is 1. The molecule has 0 saturated carbocycles. The normalized spacial score (nSPS) is 19.1. The first kappa shape index (κ1) is 23.4. The number of amidine groups is 1. The van der Waals surface area contributed by atoms with Gasteiger partial charge in [-0.05, 0) is 57.2 Å². The summed E-state index contributed by atoms with van der Waals surface area (Å²) < 4.78 is 5.54. The summed E-state index contributed by atoms with van der Waals surface area (Å²) in [5, 5.41) is 6.29. The molecule has 2 aliphatic rings. The van der Waals surface area contributed by atoms with Gasteiger partial charge in [0.25, 0.3) is 0 Å². The molecule has 0 aromatic heterocycles. The van der Waals surface area contributed by atoms with Gasteiger partial charge in [-0.3, -0.25) is 4.79 Å². The van der Waals surface area contributed by atoms with Crippen LogP contribution in [-0.2, 0) is 14.3 Å². The van der Waals surface area contributed by atoms with E-state index in [0.717, 1.165) is 22.8 Å². The highest BCUT2D eigenvalue weighted by molar-refractivity contribution is 8.16. The van der Waals surface area contributed by atoms with Gasteiger partial charge in [0.1, 0.15) is 0 Å². The van der Waals surface area contributed by atoms with Crippen molar-refractivity contribution in [2.75, 3.05) is 0 Å². The molecule has 8 heteroatoms. The molecule has 1 amide bonds. The van der Waals surface area contributed by atoms with Crippen molar-refractivity contribution in [3.63, 3.8) is 0 Å². The number of esters is 1. The van der Waals surface area contributed by atoms with Gasteiger partial charge in [-0.2, -0.15) is 0 Å². The van der Waals surface area contributed by atoms with E-state index in [2.05, 4.69) is 10.3 Å². The summed E-state index contributed by atoms with van der Waals surface area (Å²) in [6.45, 7) is 9.46. The standard InChI is InChI=1S/C23H28ClN3O3S/c1-6-14(4)25-19(28)11-18-12-31-23-26-15(5)20(22(29)30-13(2)3)21(27(18)23)16-7-9-17(24)10-8-16/h7-10,12-14,21H,6,11H2,1-5H3,(H,25,28)/t14-,21+/m0/s1. The third-order valence-electron chi connectivity index (χ3n) is 5.11. The van der Waals surface area contributed by atoms with Crippen LogP contribution in [0.5, 0.6) is 0 Å².